The second-order valence-electron chi connectivity index (χ2n) is 8.62. The van der Waals surface area contributed by atoms with Crippen LogP contribution in [0.15, 0.2) is 59.5 Å². The Morgan fingerprint density at radius 2 is 1.91 bits per heavy atom. The van der Waals surface area contributed by atoms with Gasteiger partial charge in [0.15, 0.2) is 5.65 Å². The van der Waals surface area contributed by atoms with E-state index in [9.17, 15) is 8.42 Å². The van der Waals surface area contributed by atoms with E-state index in [1.165, 1.54) is 7.11 Å². The number of rotatable bonds is 7. The number of hydrogen-bond donors (Lipinski definition) is 1. The van der Waals surface area contributed by atoms with Gasteiger partial charge < -0.3 is 15.0 Å². The van der Waals surface area contributed by atoms with Crippen molar-refractivity contribution in [1.29, 1.82) is 0 Å². The molecule has 0 bridgehead atoms. The van der Waals surface area contributed by atoms with E-state index in [0.29, 0.717) is 41.9 Å². The summed E-state index contributed by atoms with van der Waals surface area (Å²) in [6, 6.07) is 12.1. The van der Waals surface area contributed by atoms with Crippen LogP contribution in [0.25, 0.3) is 22.5 Å². The quantitative estimate of drug-likeness (QED) is 0.370. The van der Waals surface area contributed by atoms with Crippen molar-refractivity contribution in [2.75, 3.05) is 38.3 Å². The predicted octanol–water partition coefficient (Wildman–Crippen LogP) is 3.69. The first kappa shape index (κ1) is 24.0. The number of sulfonamides is 1. The summed E-state index contributed by atoms with van der Waals surface area (Å²) < 4.78 is 36.0. The fourth-order valence-corrected chi connectivity index (χ4v) is 6.51. The van der Waals surface area contributed by atoms with Gasteiger partial charge in [-0.25, -0.2) is 17.7 Å². The van der Waals surface area contributed by atoms with Crippen molar-refractivity contribution in [2.45, 2.75) is 18.8 Å². The number of aromatic nitrogens is 4. The maximum Gasteiger partial charge on any atom is 0.216 e. The molecule has 1 aliphatic heterocycles. The number of nitrogens with zero attached hydrogens (tertiary/aromatic N) is 5. The molecule has 1 aromatic carbocycles. The van der Waals surface area contributed by atoms with Crippen LogP contribution >= 0.6 is 15.9 Å². The first-order valence-corrected chi connectivity index (χ1v) is 13.8. The summed E-state index contributed by atoms with van der Waals surface area (Å²) in [5.74, 6) is 0.563. The van der Waals surface area contributed by atoms with E-state index in [0.717, 1.165) is 22.5 Å². The second-order valence-corrected chi connectivity index (χ2v) is 11.5. The maximum absolute atomic E-state index is 12.5. The van der Waals surface area contributed by atoms with Crippen molar-refractivity contribution in [3.63, 3.8) is 0 Å². The monoisotopic (exact) mass is 558 g/mol. The molecule has 1 saturated heterocycles. The van der Waals surface area contributed by atoms with Crippen LogP contribution in [0.1, 0.15) is 24.5 Å². The minimum Gasteiger partial charge on any atom is -0.384 e. The molecule has 0 aliphatic carbocycles. The summed E-state index contributed by atoms with van der Waals surface area (Å²) in [5.41, 5.74) is 10.9. The smallest absolute Gasteiger partial charge is 0.216 e. The lowest BCUT2D eigenvalue weighted by atomic mass is 9.94. The number of halogens is 1. The zero-order valence-electron chi connectivity index (χ0n) is 19.3. The van der Waals surface area contributed by atoms with Crippen LogP contribution in [0.3, 0.4) is 0 Å². The lowest BCUT2D eigenvalue weighted by Gasteiger charge is -2.31. The van der Waals surface area contributed by atoms with Crippen LogP contribution in [-0.2, 0) is 14.8 Å². The SMILES string of the molecule is COCCS(=O)(=O)N1CCC(c2nc3c(-c4ccn(-c5ccccc5)c4)cnn3c(N)c2Br)CC1. The highest BCUT2D eigenvalue weighted by molar-refractivity contribution is 9.10. The largest absolute Gasteiger partial charge is 0.384 e. The van der Waals surface area contributed by atoms with Crippen molar-refractivity contribution < 1.29 is 13.2 Å². The third kappa shape index (κ3) is 4.61. The van der Waals surface area contributed by atoms with Gasteiger partial charge in [-0.15, -0.1) is 0 Å². The molecule has 35 heavy (non-hydrogen) atoms. The van der Waals surface area contributed by atoms with Crippen LogP contribution in [0.2, 0.25) is 0 Å². The van der Waals surface area contributed by atoms with E-state index in [1.807, 2.05) is 42.6 Å². The van der Waals surface area contributed by atoms with Crippen LogP contribution in [0.5, 0.6) is 0 Å². The molecule has 2 N–H and O–H groups in total. The molecule has 11 heteroatoms. The third-order valence-electron chi connectivity index (χ3n) is 6.49. The second kappa shape index (κ2) is 9.73. The number of anilines is 1. The number of hydrogen-bond acceptors (Lipinski definition) is 6. The van der Waals surface area contributed by atoms with Gasteiger partial charge >= 0.3 is 0 Å². The van der Waals surface area contributed by atoms with Crippen LogP contribution in [-0.4, -0.2) is 64.4 Å². The van der Waals surface area contributed by atoms with E-state index in [1.54, 1.807) is 15.0 Å². The number of para-hydroxylation sites is 1. The molecule has 4 heterocycles. The molecule has 0 radical (unpaired) electrons. The van der Waals surface area contributed by atoms with Crippen molar-refractivity contribution in [2.24, 2.45) is 0 Å². The van der Waals surface area contributed by atoms with E-state index in [4.69, 9.17) is 15.5 Å². The lowest BCUT2D eigenvalue weighted by molar-refractivity contribution is 0.214. The lowest BCUT2D eigenvalue weighted by Crippen LogP contribution is -2.40. The summed E-state index contributed by atoms with van der Waals surface area (Å²) in [5, 5.41) is 4.49. The van der Waals surface area contributed by atoms with Crippen molar-refractivity contribution >= 4 is 37.4 Å². The third-order valence-corrected chi connectivity index (χ3v) is 9.13. The Balaban J connectivity index is 1.44. The zero-order chi connectivity index (χ0) is 24.6. The Morgan fingerprint density at radius 3 is 2.63 bits per heavy atom. The topological polar surface area (TPSA) is 108 Å². The molecule has 0 saturated carbocycles. The van der Waals surface area contributed by atoms with Gasteiger partial charge in [0.2, 0.25) is 10.0 Å². The van der Waals surface area contributed by atoms with E-state index >= 15 is 0 Å². The average Bonchev–Trinajstić information content (AvgIpc) is 3.53. The molecule has 184 valence electrons. The first-order chi connectivity index (χ1) is 16.9. The van der Waals surface area contributed by atoms with Gasteiger partial charge in [0.25, 0.3) is 0 Å². The van der Waals surface area contributed by atoms with E-state index in [-0.39, 0.29) is 18.3 Å². The Labute approximate surface area is 212 Å². The minimum atomic E-state index is -3.32. The van der Waals surface area contributed by atoms with Crippen LogP contribution < -0.4 is 5.73 Å². The number of methoxy groups -OCH3 is 1. The molecule has 5 rings (SSSR count). The van der Waals surface area contributed by atoms with Gasteiger partial charge in [-0.2, -0.15) is 9.61 Å². The van der Waals surface area contributed by atoms with E-state index < -0.39 is 10.0 Å². The molecule has 3 aromatic heterocycles. The Kier molecular flexibility index (Phi) is 6.67. The van der Waals surface area contributed by atoms with Crippen LogP contribution in [0.4, 0.5) is 5.82 Å². The van der Waals surface area contributed by atoms with Crippen molar-refractivity contribution in [3.8, 4) is 16.8 Å². The summed E-state index contributed by atoms with van der Waals surface area (Å²) in [4.78, 5) is 4.99. The molecule has 4 aromatic rings. The average molecular weight is 559 g/mol. The van der Waals surface area contributed by atoms with Crippen LogP contribution in [0, 0.1) is 0 Å². The number of nitrogen functional groups attached to an aromatic ring is 1. The number of nitrogens with two attached hydrogens (primary N) is 1. The molecule has 0 atom stereocenters. The van der Waals surface area contributed by atoms with Gasteiger partial charge in [-0.05, 0) is 47.0 Å². The van der Waals surface area contributed by atoms with Gasteiger partial charge in [0.1, 0.15) is 5.82 Å². The number of piperidine rings is 1. The highest BCUT2D eigenvalue weighted by Crippen LogP contribution is 2.37. The number of benzene rings is 1. The predicted molar refractivity (Wildman–Crippen MR) is 139 cm³/mol. The Bertz CT molecular complexity index is 1440. The van der Waals surface area contributed by atoms with Gasteiger partial charge in [0, 0.05) is 55.3 Å². The highest BCUT2D eigenvalue weighted by atomic mass is 79.9. The molecule has 0 amide bonds. The maximum atomic E-state index is 12.5. The summed E-state index contributed by atoms with van der Waals surface area (Å²) in [6.45, 7) is 1.09. The fraction of sp³-hybridized carbons (Fsp3) is 0.333. The molecule has 9 nitrogen and oxygen atoms in total. The fourth-order valence-electron chi connectivity index (χ4n) is 4.53. The van der Waals surface area contributed by atoms with Crippen molar-refractivity contribution in [1.82, 2.24) is 23.5 Å². The molecule has 0 spiro atoms. The van der Waals surface area contributed by atoms with Crippen molar-refractivity contribution in [3.05, 3.63) is 65.2 Å². The molecular weight excluding hydrogens is 532 g/mol. The highest BCUT2D eigenvalue weighted by Gasteiger charge is 2.31. The summed E-state index contributed by atoms with van der Waals surface area (Å²) in [7, 11) is -1.82. The number of fused-ring (bicyclic) bond motifs is 1. The molecule has 0 unspecified atom stereocenters. The summed E-state index contributed by atoms with van der Waals surface area (Å²) in [6.07, 6.45) is 7.18. The minimum absolute atomic E-state index is 0.00314. The molecular formula is C24H27BrN6O3S. The first-order valence-electron chi connectivity index (χ1n) is 11.4. The molecule has 1 aliphatic rings. The zero-order valence-corrected chi connectivity index (χ0v) is 21.7. The van der Waals surface area contributed by atoms with Gasteiger partial charge in [-0.3, -0.25) is 0 Å². The number of ether oxygens (including phenoxy) is 1. The van der Waals surface area contributed by atoms with Gasteiger partial charge in [0.05, 0.1) is 28.7 Å². The Hall–Kier alpha value is -2.73. The normalized spacial score (nSPS) is 15.7. The summed E-state index contributed by atoms with van der Waals surface area (Å²) >= 11 is 3.63. The standard InChI is InChI=1S/C24H27BrN6O3S/c1-34-13-14-35(32,33)30-11-8-17(9-12-30)22-21(25)23(26)31-24(28-22)20(15-27-31)18-7-10-29(16-18)19-5-3-2-4-6-19/h2-7,10,15-17H,8-9,11-14,26H2,1H3. The molecule has 1 fully saturated rings. The van der Waals surface area contributed by atoms with E-state index in [2.05, 4.69) is 31.8 Å². The Morgan fingerprint density at radius 1 is 1.17 bits per heavy atom. The van der Waals surface area contributed by atoms with Gasteiger partial charge in [-0.1, -0.05) is 18.2 Å².